The molecule has 1 unspecified atom stereocenters. The van der Waals surface area contributed by atoms with Gasteiger partial charge in [-0.2, -0.15) is 0 Å². The van der Waals surface area contributed by atoms with E-state index in [0.29, 0.717) is 6.54 Å². The average molecular weight is 308 g/mol. The van der Waals surface area contributed by atoms with Crippen LogP contribution in [0.2, 0.25) is 0 Å². The summed E-state index contributed by atoms with van der Waals surface area (Å²) < 4.78 is 0. The van der Waals surface area contributed by atoms with Crippen molar-refractivity contribution in [3.63, 3.8) is 0 Å². The highest BCUT2D eigenvalue weighted by molar-refractivity contribution is 7.09. The van der Waals surface area contributed by atoms with Crippen LogP contribution in [0.25, 0.3) is 0 Å². The lowest BCUT2D eigenvalue weighted by atomic mass is 10.3. The summed E-state index contributed by atoms with van der Waals surface area (Å²) in [5, 5.41) is 20.0. The fraction of sp³-hybridized carbons (Fsp3) is 0.417. The van der Waals surface area contributed by atoms with Crippen LogP contribution in [0.1, 0.15) is 30.6 Å². The maximum Gasteiger partial charge on any atom is 0.353 e. The molecule has 0 bridgehead atoms. The van der Waals surface area contributed by atoms with Gasteiger partial charge in [0.1, 0.15) is 11.3 Å². The van der Waals surface area contributed by atoms with Gasteiger partial charge in [-0.1, -0.05) is 0 Å². The van der Waals surface area contributed by atoms with Crippen LogP contribution in [-0.2, 0) is 0 Å². The number of anilines is 2. The minimum Gasteiger partial charge on any atom is -0.364 e. The zero-order valence-corrected chi connectivity index (χ0v) is 12.8. The first kappa shape index (κ1) is 15.1. The molecule has 0 fully saturated rings. The summed E-state index contributed by atoms with van der Waals surface area (Å²) in [6.07, 6.45) is 1.30. The molecule has 2 aromatic heterocycles. The average Bonchev–Trinajstić information content (AvgIpc) is 2.86. The van der Waals surface area contributed by atoms with Gasteiger partial charge in [0.2, 0.25) is 11.6 Å². The van der Waals surface area contributed by atoms with Crippen LogP contribution in [0.4, 0.5) is 17.3 Å². The van der Waals surface area contributed by atoms with E-state index in [0.717, 1.165) is 10.7 Å². The van der Waals surface area contributed by atoms with Crippen molar-refractivity contribution in [2.45, 2.75) is 26.8 Å². The number of aryl methyl sites for hydroxylation is 1. The molecule has 2 rings (SSSR count). The van der Waals surface area contributed by atoms with Crippen LogP contribution in [0, 0.1) is 17.0 Å². The van der Waals surface area contributed by atoms with Crippen molar-refractivity contribution in [2.75, 3.05) is 17.2 Å². The first-order valence-corrected chi connectivity index (χ1v) is 7.32. The minimum absolute atomic E-state index is 0.153. The normalized spacial score (nSPS) is 12.0. The molecule has 8 nitrogen and oxygen atoms in total. The van der Waals surface area contributed by atoms with Crippen molar-refractivity contribution >= 4 is 28.7 Å². The van der Waals surface area contributed by atoms with E-state index in [9.17, 15) is 10.1 Å². The van der Waals surface area contributed by atoms with E-state index in [1.807, 2.05) is 26.2 Å². The third kappa shape index (κ3) is 3.43. The van der Waals surface area contributed by atoms with Crippen molar-refractivity contribution in [1.82, 2.24) is 15.0 Å². The van der Waals surface area contributed by atoms with Crippen LogP contribution in [0.5, 0.6) is 0 Å². The lowest BCUT2D eigenvalue weighted by molar-refractivity contribution is -0.383. The topological polar surface area (TPSA) is 106 Å². The van der Waals surface area contributed by atoms with Gasteiger partial charge in [0.15, 0.2) is 0 Å². The first-order valence-electron chi connectivity index (χ1n) is 6.44. The maximum atomic E-state index is 11.3. The second-order valence-electron chi connectivity index (χ2n) is 4.40. The number of nitro groups is 1. The molecule has 21 heavy (non-hydrogen) atoms. The highest BCUT2D eigenvalue weighted by Gasteiger charge is 2.24. The molecule has 112 valence electrons. The fourth-order valence-corrected chi connectivity index (χ4v) is 2.60. The predicted octanol–water partition coefficient (Wildman–Crippen LogP) is 2.75. The molecule has 2 heterocycles. The van der Waals surface area contributed by atoms with Crippen molar-refractivity contribution in [3.8, 4) is 0 Å². The van der Waals surface area contributed by atoms with E-state index in [2.05, 4.69) is 25.6 Å². The molecule has 0 spiro atoms. The molecule has 0 saturated heterocycles. The van der Waals surface area contributed by atoms with Crippen molar-refractivity contribution in [2.24, 2.45) is 0 Å². The second kappa shape index (κ2) is 6.44. The smallest absolute Gasteiger partial charge is 0.353 e. The quantitative estimate of drug-likeness (QED) is 0.624. The van der Waals surface area contributed by atoms with Gasteiger partial charge in [-0.25, -0.2) is 15.0 Å². The molecular formula is C12H16N6O2S. The SMILES string of the molecule is CCNc1ncnc(NC(C)c2nc(C)cs2)c1[N+](=O)[O-]. The third-order valence-electron chi connectivity index (χ3n) is 2.71. The highest BCUT2D eigenvalue weighted by atomic mass is 32.1. The standard InChI is InChI=1S/C12H16N6O2S/c1-4-13-10-9(18(19)20)11(15-6-14-10)17-8(3)12-16-7(2)5-21-12/h5-6,8H,4H2,1-3H3,(H2,13,14,15,17). The van der Waals surface area contributed by atoms with E-state index in [1.54, 1.807) is 0 Å². The van der Waals surface area contributed by atoms with E-state index in [4.69, 9.17) is 0 Å². The lowest BCUT2D eigenvalue weighted by Gasteiger charge is -2.13. The number of rotatable bonds is 6. The van der Waals surface area contributed by atoms with Crippen LogP contribution in [0.15, 0.2) is 11.7 Å². The third-order valence-corrected chi connectivity index (χ3v) is 3.85. The summed E-state index contributed by atoms with van der Waals surface area (Å²) >= 11 is 1.50. The van der Waals surface area contributed by atoms with Crippen molar-refractivity contribution in [3.05, 3.63) is 32.5 Å². The van der Waals surface area contributed by atoms with Gasteiger partial charge in [0, 0.05) is 17.6 Å². The largest absolute Gasteiger partial charge is 0.364 e. The number of hydrogen-bond donors (Lipinski definition) is 2. The predicted molar refractivity (Wildman–Crippen MR) is 81.7 cm³/mol. The summed E-state index contributed by atoms with van der Waals surface area (Å²) in [5.74, 6) is 0.397. The lowest BCUT2D eigenvalue weighted by Crippen LogP contribution is -2.12. The van der Waals surface area contributed by atoms with Crippen LogP contribution >= 0.6 is 11.3 Å². The Hall–Kier alpha value is -2.29. The summed E-state index contributed by atoms with van der Waals surface area (Å²) in [5.41, 5.74) is 0.772. The molecular weight excluding hydrogens is 292 g/mol. The van der Waals surface area contributed by atoms with Gasteiger partial charge >= 0.3 is 5.69 Å². The number of nitrogens with zero attached hydrogens (tertiary/aromatic N) is 4. The zero-order valence-electron chi connectivity index (χ0n) is 12.0. The molecule has 0 saturated carbocycles. The summed E-state index contributed by atoms with van der Waals surface area (Å²) in [6, 6.07) is -0.174. The monoisotopic (exact) mass is 308 g/mol. The summed E-state index contributed by atoms with van der Waals surface area (Å²) in [6.45, 7) is 6.18. The Morgan fingerprint density at radius 3 is 2.71 bits per heavy atom. The number of hydrogen-bond acceptors (Lipinski definition) is 8. The molecule has 0 aliphatic heterocycles. The zero-order chi connectivity index (χ0) is 15.4. The van der Waals surface area contributed by atoms with Crippen LogP contribution in [0.3, 0.4) is 0 Å². The Bertz CT molecular complexity index is 644. The minimum atomic E-state index is -0.486. The molecule has 0 amide bonds. The molecule has 0 aliphatic rings. The maximum absolute atomic E-state index is 11.3. The molecule has 0 aliphatic carbocycles. The van der Waals surface area contributed by atoms with Gasteiger partial charge < -0.3 is 10.6 Å². The van der Waals surface area contributed by atoms with E-state index >= 15 is 0 Å². The van der Waals surface area contributed by atoms with Gasteiger partial charge in [-0.15, -0.1) is 11.3 Å². The van der Waals surface area contributed by atoms with Crippen molar-refractivity contribution < 1.29 is 4.92 Å². The Morgan fingerprint density at radius 1 is 1.43 bits per heavy atom. The van der Waals surface area contributed by atoms with Crippen molar-refractivity contribution in [1.29, 1.82) is 0 Å². The Labute approximate surface area is 125 Å². The second-order valence-corrected chi connectivity index (χ2v) is 5.29. The molecule has 0 aromatic carbocycles. The Morgan fingerprint density at radius 2 is 2.14 bits per heavy atom. The Balaban J connectivity index is 2.30. The van der Waals surface area contributed by atoms with E-state index in [-0.39, 0.29) is 23.4 Å². The molecule has 2 aromatic rings. The van der Waals surface area contributed by atoms with E-state index in [1.165, 1.54) is 17.7 Å². The van der Waals surface area contributed by atoms with Crippen LogP contribution in [-0.4, -0.2) is 26.4 Å². The Kier molecular flexibility index (Phi) is 4.63. The highest BCUT2D eigenvalue weighted by Crippen LogP contribution is 2.31. The van der Waals surface area contributed by atoms with Gasteiger partial charge in [-0.3, -0.25) is 10.1 Å². The molecule has 1 atom stereocenters. The molecule has 9 heteroatoms. The fourth-order valence-electron chi connectivity index (χ4n) is 1.79. The van der Waals surface area contributed by atoms with Crippen LogP contribution < -0.4 is 10.6 Å². The first-order chi connectivity index (χ1) is 10.0. The summed E-state index contributed by atoms with van der Waals surface area (Å²) in [7, 11) is 0. The number of aromatic nitrogens is 3. The summed E-state index contributed by atoms with van der Waals surface area (Å²) in [4.78, 5) is 23.1. The molecule has 0 radical (unpaired) electrons. The van der Waals surface area contributed by atoms with Gasteiger partial charge in [0.25, 0.3) is 0 Å². The van der Waals surface area contributed by atoms with Gasteiger partial charge in [0.05, 0.1) is 11.0 Å². The molecule has 2 N–H and O–H groups in total. The van der Waals surface area contributed by atoms with E-state index < -0.39 is 4.92 Å². The van der Waals surface area contributed by atoms with Gasteiger partial charge in [-0.05, 0) is 20.8 Å². The number of thiazole rings is 1. The number of nitrogens with one attached hydrogen (secondary N) is 2.